The van der Waals surface area contributed by atoms with Crippen LogP contribution in [0.3, 0.4) is 0 Å². The van der Waals surface area contributed by atoms with Gasteiger partial charge in [0.25, 0.3) is 0 Å². The third-order valence-corrected chi connectivity index (χ3v) is 5.19. The average Bonchev–Trinajstić information content (AvgIpc) is 2.61. The second-order valence-corrected chi connectivity index (χ2v) is 7.85. The van der Waals surface area contributed by atoms with Crippen molar-refractivity contribution in [2.24, 2.45) is 5.92 Å². The van der Waals surface area contributed by atoms with E-state index in [1.165, 1.54) is 44.6 Å². The zero-order valence-electron chi connectivity index (χ0n) is 17.2. The first-order valence-corrected chi connectivity index (χ1v) is 10.5. The number of carboxylic acids is 2. The van der Waals surface area contributed by atoms with Crippen LogP contribution in [0.25, 0.3) is 0 Å². The van der Waals surface area contributed by atoms with Crippen LogP contribution in [0.4, 0.5) is 0 Å². The molecule has 0 saturated heterocycles. The first-order valence-electron chi connectivity index (χ1n) is 10.5. The number of unbranched alkanes of at least 4 members (excludes halogenated alkanes) is 7. The summed E-state index contributed by atoms with van der Waals surface area (Å²) in [6, 6.07) is 3.19. The molecule has 0 aliphatic rings. The first kappa shape index (κ1) is 23.2. The van der Waals surface area contributed by atoms with E-state index in [2.05, 4.69) is 13.8 Å². The van der Waals surface area contributed by atoms with Gasteiger partial charge in [-0.3, -0.25) is 0 Å². The predicted octanol–water partition coefficient (Wildman–Crippen LogP) is 6.35. The van der Waals surface area contributed by atoms with E-state index in [-0.39, 0.29) is 11.1 Å². The fourth-order valence-corrected chi connectivity index (χ4v) is 3.65. The number of benzene rings is 1. The molecule has 0 atom stereocenters. The smallest absolute Gasteiger partial charge is 0.336 e. The lowest BCUT2D eigenvalue weighted by molar-refractivity contribution is 0.0650. The average molecular weight is 377 g/mol. The summed E-state index contributed by atoms with van der Waals surface area (Å²) < 4.78 is 0. The second-order valence-electron chi connectivity index (χ2n) is 7.85. The third-order valence-electron chi connectivity index (χ3n) is 5.19. The number of aromatic carboxylic acids is 2. The molecule has 0 unspecified atom stereocenters. The number of rotatable bonds is 14. The summed E-state index contributed by atoms with van der Waals surface area (Å²) >= 11 is 0. The monoisotopic (exact) mass is 376 g/mol. The van der Waals surface area contributed by atoms with Crippen molar-refractivity contribution >= 4 is 11.9 Å². The summed E-state index contributed by atoms with van der Waals surface area (Å²) in [6.07, 6.45) is 12.2. The highest BCUT2D eigenvalue weighted by atomic mass is 16.4. The van der Waals surface area contributed by atoms with Gasteiger partial charge in [0.2, 0.25) is 0 Å². The minimum absolute atomic E-state index is 0.0213. The molecule has 2 N–H and O–H groups in total. The van der Waals surface area contributed by atoms with Crippen LogP contribution in [-0.2, 0) is 12.8 Å². The molecule has 1 aromatic rings. The topological polar surface area (TPSA) is 74.6 Å². The van der Waals surface area contributed by atoms with Crippen LogP contribution in [0, 0.1) is 5.92 Å². The molecule has 0 heterocycles. The molecule has 4 heteroatoms. The van der Waals surface area contributed by atoms with E-state index in [0.29, 0.717) is 18.4 Å². The van der Waals surface area contributed by atoms with Gasteiger partial charge >= 0.3 is 11.9 Å². The highest BCUT2D eigenvalue weighted by Crippen LogP contribution is 2.23. The molecular weight excluding hydrogens is 340 g/mol. The van der Waals surface area contributed by atoms with Crippen molar-refractivity contribution in [3.8, 4) is 0 Å². The van der Waals surface area contributed by atoms with Crippen LogP contribution in [0.1, 0.15) is 110 Å². The minimum atomic E-state index is -1.17. The van der Waals surface area contributed by atoms with Crippen LogP contribution in [-0.4, -0.2) is 22.2 Å². The zero-order valence-corrected chi connectivity index (χ0v) is 17.2. The maximum Gasteiger partial charge on any atom is 0.336 e. The predicted molar refractivity (Wildman–Crippen MR) is 110 cm³/mol. The maximum absolute atomic E-state index is 11.7. The standard InChI is InChI=1S/C23H36O4/c1-4-18-15-16-20(22(24)25)21(23(26)27)19(18)14-12-10-8-6-5-7-9-11-13-17(2)3/h15-17H,4-14H2,1-3H3,(H,24,25)(H,26,27). The molecule has 0 spiro atoms. The Morgan fingerprint density at radius 1 is 0.852 bits per heavy atom. The number of carboxylic acid groups (broad SMARTS) is 2. The van der Waals surface area contributed by atoms with E-state index in [1.54, 1.807) is 6.07 Å². The quantitative estimate of drug-likeness (QED) is 0.371. The Labute approximate surface area is 164 Å². The summed E-state index contributed by atoms with van der Waals surface area (Å²) in [7, 11) is 0. The van der Waals surface area contributed by atoms with Crippen LogP contribution >= 0.6 is 0 Å². The molecule has 0 saturated carbocycles. The van der Waals surface area contributed by atoms with Crippen molar-refractivity contribution in [1.29, 1.82) is 0 Å². The summed E-state index contributed by atoms with van der Waals surface area (Å²) in [5, 5.41) is 18.8. The van der Waals surface area contributed by atoms with Gasteiger partial charge in [0.15, 0.2) is 0 Å². The van der Waals surface area contributed by atoms with Crippen molar-refractivity contribution < 1.29 is 19.8 Å². The Morgan fingerprint density at radius 3 is 1.89 bits per heavy atom. The van der Waals surface area contributed by atoms with E-state index in [0.717, 1.165) is 30.7 Å². The summed E-state index contributed by atoms with van der Waals surface area (Å²) in [4.78, 5) is 23.0. The van der Waals surface area contributed by atoms with Crippen molar-refractivity contribution in [3.63, 3.8) is 0 Å². The molecule has 0 radical (unpaired) electrons. The Bertz CT molecular complexity index is 605. The Hall–Kier alpha value is -1.84. The summed E-state index contributed by atoms with van der Waals surface area (Å²) in [5.74, 6) is -1.51. The number of aryl methyl sites for hydroxylation is 1. The maximum atomic E-state index is 11.7. The summed E-state index contributed by atoms with van der Waals surface area (Å²) in [5.41, 5.74) is 1.53. The van der Waals surface area contributed by atoms with Crippen LogP contribution in [0.5, 0.6) is 0 Å². The molecule has 0 aliphatic heterocycles. The zero-order chi connectivity index (χ0) is 20.2. The molecule has 1 rings (SSSR count). The summed E-state index contributed by atoms with van der Waals surface area (Å²) in [6.45, 7) is 6.52. The molecule has 1 aromatic carbocycles. The third kappa shape index (κ3) is 8.15. The van der Waals surface area contributed by atoms with E-state index in [1.807, 2.05) is 6.92 Å². The molecule has 0 bridgehead atoms. The molecular formula is C23H36O4. The molecule has 0 aliphatic carbocycles. The van der Waals surface area contributed by atoms with Gasteiger partial charge in [-0.1, -0.05) is 78.2 Å². The van der Waals surface area contributed by atoms with E-state index < -0.39 is 11.9 Å². The van der Waals surface area contributed by atoms with Gasteiger partial charge in [0.1, 0.15) is 0 Å². The molecule has 27 heavy (non-hydrogen) atoms. The van der Waals surface area contributed by atoms with Crippen LogP contribution in [0.15, 0.2) is 12.1 Å². The first-order chi connectivity index (χ1) is 12.9. The lowest BCUT2D eigenvalue weighted by Gasteiger charge is -2.14. The van der Waals surface area contributed by atoms with Gasteiger partial charge in [0.05, 0.1) is 11.1 Å². The molecule has 0 fully saturated rings. The highest BCUT2D eigenvalue weighted by molar-refractivity contribution is 6.03. The van der Waals surface area contributed by atoms with Crippen molar-refractivity contribution in [2.75, 3.05) is 0 Å². The Kier molecular flexibility index (Phi) is 10.8. The second kappa shape index (κ2) is 12.5. The van der Waals surface area contributed by atoms with Crippen molar-refractivity contribution in [2.45, 2.75) is 91.4 Å². The molecule has 4 nitrogen and oxygen atoms in total. The van der Waals surface area contributed by atoms with Crippen LogP contribution in [0.2, 0.25) is 0 Å². The number of hydrogen-bond acceptors (Lipinski definition) is 2. The van der Waals surface area contributed by atoms with Crippen molar-refractivity contribution in [3.05, 3.63) is 34.4 Å². The molecule has 0 amide bonds. The van der Waals surface area contributed by atoms with Gasteiger partial charge in [0, 0.05) is 0 Å². The van der Waals surface area contributed by atoms with E-state index in [4.69, 9.17) is 0 Å². The normalized spacial score (nSPS) is 11.1. The lowest BCUT2D eigenvalue weighted by atomic mass is 9.90. The number of carbonyl (C=O) groups is 2. The van der Waals surface area contributed by atoms with Gasteiger partial charge < -0.3 is 10.2 Å². The largest absolute Gasteiger partial charge is 0.478 e. The number of hydrogen-bond donors (Lipinski definition) is 2. The fourth-order valence-electron chi connectivity index (χ4n) is 3.65. The molecule has 152 valence electrons. The van der Waals surface area contributed by atoms with E-state index in [9.17, 15) is 19.8 Å². The van der Waals surface area contributed by atoms with E-state index >= 15 is 0 Å². The lowest BCUT2D eigenvalue weighted by Crippen LogP contribution is -2.13. The Morgan fingerprint density at radius 2 is 1.41 bits per heavy atom. The SMILES string of the molecule is CCc1ccc(C(=O)O)c(C(=O)O)c1CCCCCCCCCCC(C)C. The Balaban J connectivity index is 2.47. The van der Waals surface area contributed by atoms with Gasteiger partial charge in [-0.05, 0) is 42.4 Å². The van der Waals surface area contributed by atoms with Crippen LogP contribution < -0.4 is 0 Å². The fraction of sp³-hybridized carbons (Fsp3) is 0.652. The highest BCUT2D eigenvalue weighted by Gasteiger charge is 2.21. The minimum Gasteiger partial charge on any atom is -0.478 e. The molecule has 0 aromatic heterocycles. The van der Waals surface area contributed by atoms with Crippen molar-refractivity contribution in [1.82, 2.24) is 0 Å². The van der Waals surface area contributed by atoms with Gasteiger partial charge in [-0.25, -0.2) is 9.59 Å². The van der Waals surface area contributed by atoms with Gasteiger partial charge in [-0.2, -0.15) is 0 Å². The van der Waals surface area contributed by atoms with Gasteiger partial charge in [-0.15, -0.1) is 0 Å².